The zero-order chi connectivity index (χ0) is 28.4. The minimum Gasteiger partial charge on any atom is -0.493 e. The van der Waals surface area contributed by atoms with Crippen molar-refractivity contribution in [3.05, 3.63) is 76.3 Å². The number of ether oxygens (including phenoxy) is 5. The monoisotopic (exact) mass is 555 g/mol. The van der Waals surface area contributed by atoms with Gasteiger partial charge in [-0.3, -0.25) is 9.59 Å². The number of hydrazone groups is 1. The van der Waals surface area contributed by atoms with E-state index in [4.69, 9.17) is 35.3 Å². The molecule has 0 spiro atoms. The van der Waals surface area contributed by atoms with Gasteiger partial charge in [0.25, 0.3) is 11.8 Å². The van der Waals surface area contributed by atoms with Crippen LogP contribution in [0.2, 0.25) is 5.02 Å². The highest BCUT2D eigenvalue weighted by atomic mass is 35.5. The van der Waals surface area contributed by atoms with Gasteiger partial charge in [-0.2, -0.15) is 5.10 Å². The van der Waals surface area contributed by atoms with Crippen molar-refractivity contribution in [2.45, 2.75) is 0 Å². The molecular weight excluding hydrogens is 530 g/mol. The van der Waals surface area contributed by atoms with E-state index in [0.717, 1.165) is 0 Å². The summed E-state index contributed by atoms with van der Waals surface area (Å²) in [7, 11) is 5.74. The first kappa shape index (κ1) is 28.8. The van der Waals surface area contributed by atoms with Crippen LogP contribution in [0.4, 0.5) is 0 Å². The SMILES string of the molecule is COc1cc(/C=N/NC(=O)CNC(=O)c2cc(OC)c(OC)c(OC)c2)ccc1OC(=O)c1ccc(Cl)cc1. The molecule has 3 aromatic rings. The molecule has 12 heteroatoms. The maximum Gasteiger partial charge on any atom is 0.343 e. The Hall–Kier alpha value is -4.77. The number of hydrogen-bond acceptors (Lipinski definition) is 9. The number of esters is 1. The summed E-state index contributed by atoms with van der Waals surface area (Å²) in [5, 5.41) is 6.88. The molecule has 2 amide bonds. The van der Waals surface area contributed by atoms with E-state index in [-0.39, 0.29) is 23.6 Å². The molecule has 0 aliphatic carbocycles. The van der Waals surface area contributed by atoms with Crippen molar-refractivity contribution in [3.8, 4) is 28.7 Å². The molecule has 0 fully saturated rings. The molecule has 0 heterocycles. The van der Waals surface area contributed by atoms with Crippen LogP contribution in [0.3, 0.4) is 0 Å². The molecule has 3 rings (SSSR count). The van der Waals surface area contributed by atoms with E-state index in [1.807, 2.05) is 0 Å². The Morgan fingerprint density at radius 3 is 2.03 bits per heavy atom. The molecule has 0 saturated heterocycles. The van der Waals surface area contributed by atoms with Crippen LogP contribution in [0.1, 0.15) is 26.3 Å². The molecule has 0 radical (unpaired) electrons. The predicted octanol–water partition coefficient (Wildman–Crippen LogP) is 3.47. The third kappa shape index (κ3) is 7.62. The van der Waals surface area contributed by atoms with E-state index in [1.54, 1.807) is 36.4 Å². The second-order valence-electron chi connectivity index (χ2n) is 7.70. The van der Waals surface area contributed by atoms with E-state index in [1.165, 1.54) is 52.9 Å². The summed E-state index contributed by atoms with van der Waals surface area (Å²) >= 11 is 5.85. The van der Waals surface area contributed by atoms with Gasteiger partial charge in [-0.1, -0.05) is 11.6 Å². The number of nitrogens with zero attached hydrogens (tertiary/aromatic N) is 1. The number of nitrogens with one attached hydrogen (secondary N) is 2. The summed E-state index contributed by atoms with van der Waals surface area (Å²) in [6, 6.07) is 13.9. The summed E-state index contributed by atoms with van der Waals surface area (Å²) in [6.07, 6.45) is 1.37. The first-order chi connectivity index (χ1) is 18.8. The molecule has 0 bridgehead atoms. The van der Waals surface area contributed by atoms with Crippen LogP contribution in [0.5, 0.6) is 28.7 Å². The molecule has 204 valence electrons. The highest BCUT2D eigenvalue weighted by molar-refractivity contribution is 6.30. The topological polar surface area (TPSA) is 134 Å². The number of carbonyl (C=O) groups is 3. The molecule has 0 aromatic heterocycles. The van der Waals surface area contributed by atoms with Gasteiger partial charge in [-0.25, -0.2) is 10.2 Å². The number of hydrogen-bond donors (Lipinski definition) is 2. The summed E-state index contributed by atoms with van der Waals surface area (Å²) in [4.78, 5) is 37.1. The van der Waals surface area contributed by atoms with Gasteiger partial charge in [-0.05, 0) is 60.2 Å². The van der Waals surface area contributed by atoms with Gasteiger partial charge in [0.05, 0.1) is 46.8 Å². The molecule has 0 unspecified atom stereocenters. The van der Waals surface area contributed by atoms with E-state index in [0.29, 0.717) is 33.4 Å². The highest BCUT2D eigenvalue weighted by Gasteiger charge is 2.17. The Morgan fingerprint density at radius 1 is 0.795 bits per heavy atom. The molecule has 11 nitrogen and oxygen atoms in total. The standard InChI is InChI=1S/C27H26ClN3O8/c1-35-21-11-16(5-10-20(21)39-27(34)17-6-8-19(28)9-7-17)14-30-31-24(32)15-29-26(33)18-12-22(36-2)25(38-4)23(13-18)37-3/h5-14H,15H2,1-4H3,(H,29,33)(H,31,32)/b30-14+. The number of carbonyl (C=O) groups excluding carboxylic acids is 3. The van der Waals surface area contributed by atoms with Crippen molar-refractivity contribution < 1.29 is 38.1 Å². The Labute approximate surface area is 229 Å². The van der Waals surface area contributed by atoms with Gasteiger partial charge in [0.15, 0.2) is 23.0 Å². The first-order valence-electron chi connectivity index (χ1n) is 11.4. The third-order valence-corrected chi connectivity index (χ3v) is 5.46. The van der Waals surface area contributed by atoms with E-state index in [9.17, 15) is 14.4 Å². The largest absolute Gasteiger partial charge is 0.493 e. The van der Waals surface area contributed by atoms with Crippen LogP contribution in [0.15, 0.2) is 59.7 Å². The van der Waals surface area contributed by atoms with Gasteiger partial charge in [0, 0.05) is 10.6 Å². The Bertz CT molecular complexity index is 1350. The maximum atomic E-state index is 12.5. The zero-order valence-electron chi connectivity index (χ0n) is 21.6. The predicted molar refractivity (Wildman–Crippen MR) is 144 cm³/mol. The van der Waals surface area contributed by atoms with Crippen LogP contribution in [-0.4, -0.2) is 59.0 Å². The number of amides is 2. The highest BCUT2D eigenvalue weighted by Crippen LogP contribution is 2.38. The van der Waals surface area contributed by atoms with Gasteiger partial charge >= 0.3 is 5.97 Å². The average Bonchev–Trinajstić information content (AvgIpc) is 2.95. The fourth-order valence-corrected chi connectivity index (χ4v) is 3.41. The average molecular weight is 556 g/mol. The van der Waals surface area contributed by atoms with Crippen molar-refractivity contribution in [2.24, 2.45) is 5.10 Å². The van der Waals surface area contributed by atoms with Crippen molar-refractivity contribution in [1.82, 2.24) is 10.7 Å². The molecule has 3 aromatic carbocycles. The second-order valence-corrected chi connectivity index (χ2v) is 8.13. The Kier molecular flexibility index (Phi) is 10.1. The smallest absolute Gasteiger partial charge is 0.343 e. The van der Waals surface area contributed by atoms with E-state index >= 15 is 0 Å². The molecule has 0 aliphatic rings. The maximum absolute atomic E-state index is 12.5. The van der Waals surface area contributed by atoms with Crippen molar-refractivity contribution in [3.63, 3.8) is 0 Å². The second kappa shape index (κ2) is 13.7. The lowest BCUT2D eigenvalue weighted by molar-refractivity contribution is -0.120. The molecule has 0 atom stereocenters. The zero-order valence-corrected chi connectivity index (χ0v) is 22.3. The van der Waals surface area contributed by atoms with Gasteiger partial charge in [-0.15, -0.1) is 0 Å². The van der Waals surface area contributed by atoms with E-state index in [2.05, 4.69) is 15.8 Å². The fourth-order valence-electron chi connectivity index (χ4n) is 3.29. The van der Waals surface area contributed by atoms with Crippen LogP contribution in [-0.2, 0) is 4.79 Å². The number of benzene rings is 3. The third-order valence-electron chi connectivity index (χ3n) is 5.21. The lowest BCUT2D eigenvalue weighted by Crippen LogP contribution is -2.34. The minimum atomic E-state index is -0.577. The van der Waals surface area contributed by atoms with Gasteiger partial charge in [0.2, 0.25) is 5.75 Å². The first-order valence-corrected chi connectivity index (χ1v) is 11.7. The fraction of sp³-hybridized carbons (Fsp3) is 0.185. The minimum absolute atomic E-state index is 0.202. The molecular formula is C27H26ClN3O8. The lowest BCUT2D eigenvalue weighted by atomic mass is 10.1. The summed E-state index contributed by atoms with van der Waals surface area (Å²) < 4.78 is 26.4. The summed E-state index contributed by atoms with van der Waals surface area (Å²) in [5.41, 5.74) is 3.42. The van der Waals surface area contributed by atoms with Crippen LogP contribution in [0, 0.1) is 0 Å². The van der Waals surface area contributed by atoms with E-state index < -0.39 is 17.8 Å². The normalized spacial score (nSPS) is 10.5. The molecule has 0 aliphatic heterocycles. The Balaban J connectivity index is 1.56. The lowest BCUT2D eigenvalue weighted by Gasteiger charge is -2.14. The number of methoxy groups -OCH3 is 4. The molecule has 39 heavy (non-hydrogen) atoms. The summed E-state index contributed by atoms with van der Waals surface area (Å²) in [6.45, 7) is -0.338. The van der Waals surface area contributed by atoms with Crippen LogP contribution < -0.4 is 34.4 Å². The van der Waals surface area contributed by atoms with Crippen LogP contribution in [0.25, 0.3) is 0 Å². The van der Waals surface area contributed by atoms with Crippen molar-refractivity contribution in [2.75, 3.05) is 35.0 Å². The van der Waals surface area contributed by atoms with Gasteiger partial charge in [0.1, 0.15) is 0 Å². The van der Waals surface area contributed by atoms with Crippen molar-refractivity contribution in [1.29, 1.82) is 0 Å². The quantitative estimate of drug-likeness (QED) is 0.159. The number of halogens is 1. The van der Waals surface area contributed by atoms with Crippen molar-refractivity contribution >= 4 is 35.6 Å². The molecule has 2 N–H and O–H groups in total. The Morgan fingerprint density at radius 2 is 1.44 bits per heavy atom. The van der Waals surface area contributed by atoms with Crippen LogP contribution >= 0.6 is 11.6 Å². The molecule has 0 saturated carbocycles. The van der Waals surface area contributed by atoms with Gasteiger partial charge < -0.3 is 29.0 Å². The number of rotatable bonds is 11. The summed E-state index contributed by atoms with van der Waals surface area (Å²) in [5.74, 6) is -0.234.